The van der Waals surface area contributed by atoms with E-state index in [0.29, 0.717) is 34.3 Å². The maximum atomic E-state index is 14.4. The fourth-order valence-electron chi connectivity index (χ4n) is 3.63. The maximum absolute atomic E-state index is 14.4. The molecule has 4 rings (SSSR count). The molecule has 6 nitrogen and oxygen atoms in total. The number of nitrogens with zero attached hydrogens (tertiary/aromatic N) is 2. The lowest BCUT2D eigenvalue weighted by Crippen LogP contribution is -2.17. The first-order valence-electron chi connectivity index (χ1n) is 10.6. The zero-order valence-corrected chi connectivity index (χ0v) is 20.5. The molecule has 0 amide bonds. The van der Waals surface area contributed by atoms with E-state index in [1.807, 2.05) is 40.3 Å². The molecule has 0 aliphatic carbocycles. The van der Waals surface area contributed by atoms with Crippen LogP contribution in [-0.2, 0) is 6.54 Å². The molecule has 0 bridgehead atoms. The van der Waals surface area contributed by atoms with Crippen molar-refractivity contribution >= 4 is 17.0 Å². The molecule has 3 aromatic carbocycles. The van der Waals surface area contributed by atoms with Crippen LogP contribution in [0.3, 0.4) is 0 Å². The second kappa shape index (κ2) is 10.6. The summed E-state index contributed by atoms with van der Waals surface area (Å²) in [5, 5.41) is 1.92. The van der Waals surface area contributed by atoms with Crippen molar-refractivity contribution < 1.29 is 27.7 Å². The van der Waals surface area contributed by atoms with Gasteiger partial charge in [0.15, 0.2) is 22.1 Å². The fraction of sp³-hybridized carbons (Fsp3) is 0.192. The van der Waals surface area contributed by atoms with Gasteiger partial charge in [-0.2, -0.15) is 0 Å². The van der Waals surface area contributed by atoms with Crippen molar-refractivity contribution in [1.82, 2.24) is 4.57 Å². The first-order chi connectivity index (χ1) is 17.0. The van der Waals surface area contributed by atoms with Crippen LogP contribution in [0.25, 0.3) is 11.3 Å². The number of hydrogen-bond acceptors (Lipinski definition) is 6. The smallest absolute Gasteiger partial charge is 0.190 e. The van der Waals surface area contributed by atoms with Gasteiger partial charge in [0.05, 0.1) is 40.7 Å². The van der Waals surface area contributed by atoms with Crippen molar-refractivity contribution in [1.29, 1.82) is 0 Å². The Bertz CT molecular complexity index is 1410. The molecule has 0 saturated carbocycles. The van der Waals surface area contributed by atoms with Gasteiger partial charge in [-0.25, -0.2) is 13.8 Å². The molecule has 0 spiro atoms. The summed E-state index contributed by atoms with van der Waals surface area (Å²) in [5.41, 5.74) is 2.58. The summed E-state index contributed by atoms with van der Waals surface area (Å²) < 4.78 is 51.5. The van der Waals surface area contributed by atoms with Gasteiger partial charge in [-0.3, -0.25) is 0 Å². The predicted molar refractivity (Wildman–Crippen MR) is 131 cm³/mol. The lowest BCUT2D eigenvalue weighted by molar-refractivity contribution is 0.354. The van der Waals surface area contributed by atoms with Crippen LogP contribution in [0.15, 0.2) is 65.0 Å². The molecule has 1 aromatic heterocycles. The average Bonchev–Trinajstić information content (AvgIpc) is 3.26. The molecule has 35 heavy (non-hydrogen) atoms. The van der Waals surface area contributed by atoms with Crippen molar-refractivity contribution in [2.75, 3.05) is 28.4 Å². The molecule has 0 fully saturated rings. The summed E-state index contributed by atoms with van der Waals surface area (Å²) in [7, 11) is 6.32. The number of ether oxygens (including phenoxy) is 4. The SMILES string of the molecule is COc1ccc(-c2csc(=Nc3ccc(F)cc3F)n2Cc2ccc(OC)c(OC)c2)c(OC)c1. The first kappa shape index (κ1) is 24.3. The van der Waals surface area contributed by atoms with Crippen molar-refractivity contribution in [3.05, 3.63) is 82.0 Å². The van der Waals surface area contributed by atoms with Crippen LogP contribution in [-0.4, -0.2) is 33.0 Å². The number of benzene rings is 3. The molecule has 0 N–H and O–H groups in total. The van der Waals surface area contributed by atoms with E-state index in [0.717, 1.165) is 22.9 Å². The van der Waals surface area contributed by atoms with Crippen LogP contribution in [0.5, 0.6) is 23.0 Å². The summed E-state index contributed by atoms with van der Waals surface area (Å²) in [6, 6.07) is 14.5. The minimum atomic E-state index is -0.736. The molecule has 0 atom stereocenters. The highest BCUT2D eigenvalue weighted by Gasteiger charge is 2.16. The summed E-state index contributed by atoms with van der Waals surface area (Å²) >= 11 is 1.34. The van der Waals surface area contributed by atoms with Crippen LogP contribution in [0, 0.1) is 11.6 Å². The normalized spacial score (nSPS) is 11.4. The Kier molecular flexibility index (Phi) is 7.36. The quantitative estimate of drug-likeness (QED) is 0.308. The molecular formula is C26H24F2N2O4S. The van der Waals surface area contributed by atoms with E-state index in [4.69, 9.17) is 18.9 Å². The number of hydrogen-bond donors (Lipinski definition) is 0. The summed E-state index contributed by atoms with van der Waals surface area (Å²) in [6.45, 7) is 0.399. The Morgan fingerprint density at radius 2 is 1.57 bits per heavy atom. The Labute approximate surface area is 205 Å². The lowest BCUT2D eigenvalue weighted by Gasteiger charge is -2.15. The van der Waals surface area contributed by atoms with Gasteiger partial charge in [-0.15, -0.1) is 11.3 Å². The Hall–Kier alpha value is -3.85. The highest BCUT2D eigenvalue weighted by molar-refractivity contribution is 7.07. The molecule has 0 saturated heterocycles. The zero-order chi connectivity index (χ0) is 24.9. The first-order valence-corrected chi connectivity index (χ1v) is 11.5. The van der Waals surface area contributed by atoms with Gasteiger partial charge in [0.2, 0.25) is 0 Å². The molecule has 182 valence electrons. The molecule has 1 heterocycles. The van der Waals surface area contributed by atoms with E-state index in [9.17, 15) is 8.78 Å². The number of halogens is 2. The largest absolute Gasteiger partial charge is 0.497 e. The van der Waals surface area contributed by atoms with Gasteiger partial charge in [0, 0.05) is 23.1 Å². The topological polar surface area (TPSA) is 54.2 Å². The monoisotopic (exact) mass is 498 g/mol. The van der Waals surface area contributed by atoms with Crippen LogP contribution in [0.1, 0.15) is 5.56 Å². The Balaban J connectivity index is 1.89. The van der Waals surface area contributed by atoms with E-state index in [1.165, 1.54) is 23.5 Å². The predicted octanol–water partition coefficient (Wildman–Crippen LogP) is 5.81. The summed E-state index contributed by atoms with van der Waals surface area (Å²) in [4.78, 5) is 5.03. The van der Waals surface area contributed by atoms with Crippen LogP contribution in [0.4, 0.5) is 14.5 Å². The lowest BCUT2D eigenvalue weighted by atomic mass is 10.1. The molecule has 4 aromatic rings. The summed E-state index contributed by atoms with van der Waals surface area (Å²) in [5.74, 6) is 1.08. The Morgan fingerprint density at radius 1 is 0.800 bits per heavy atom. The molecule has 0 aliphatic heterocycles. The van der Waals surface area contributed by atoms with E-state index in [2.05, 4.69) is 4.99 Å². The minimum absolute atomic E-state index is 0.0440. The van der Waals surface area contributed by atoms with Crippen molar-refractivity contribution in [3.63, 3.8) is 0 Å². The molecule has 0 unspecified atom stereocenters. The number of methoxy groups -OCH3 is 4. The van der Waals surface area contributed by atoms with Gasteiger partial charge < -0.3 is 23.5 Å². The third-order valence-electron chi connectivity index (χ3n) is 5.40. The van der Waals surface area contributed by atoms with Gasteiger partial charge in [-0.05, 0) is 42.0 Å². The van der Waals surface area contributed by atoms with E-state index in [-0.39, 0.29) is 5.69 Å². The number of thiazole rings is 1. The van der Waals surface area contributed by atoms with Crippen LogP contribution >= 0.6 is 11.3 Å². The third-order valence-corrected chi connectivity index (χ3v) is 6.26. The van der Waals surface area contributed by atoms with Gasteiger partial charge in [0.1, 0.15) is 23.0 Å². The molecule has 9 heteroatoms. The maximum Gasteiger partial charge on any atom is 0.190 e. The Morgan fingerprint density at radius 3 is 2.26 bits per heavy atom. The van der Waals surface area contributed by atoms with E-state index < -0.39 is 11.6 Å². The molecular weight excluding hydrogens is 474 g/mol. The van der Waals surface area contributed by atoms with Crippen molar-refractivity contribution in [2.24, 2.45) is 4.99 Å². The highest BCUT2D eigenvalue weighted by atomic mass is 32.1. The highest BCUT2D eigenvalue weighted by Crippen LogP contribution is 2.35. The van der Waals surface area contributed by atoms with Gasteiger partial charge in [0.25, 0.3) is 0 Å². The van der Waals surface area contributed by atoms with Crippen LogP contribution in [0.2, 0.25) is 0 Å². The minimum Gasteiger partial charge on any atom is -0.497 e. The molecule has 0 radical (unpaired) electrons. The fourth-order valence-corrected chi connectivity index (χ4v) is 4.55. The second-order valence-corrected chi connectivity index (χ2v) is 8.29. The third kappa shape index (κ3) is 5.14. The van der Waals surface area contributed by atoms with E-state index in [1.54, 1.807) is 34.5 Å². The van der Waals surface area contributed by atoms with Crippen molar-refractivity contribution in [2.45, 2.75) is 6.54 Å². The van der Waals surface area contributed by atoms with Gasteiger partial charge >= 0.3 is 0 Å². The van der Waals surface area contributed by atoms with Gasteiger partial charge in [-0.1, -0.05) is 6.07 Å². The average molecular weight is 499 g/mol. The number of rotatable bonds is 8. The second-order valence-electron chi connectivity index (χ2n) is 7.45. The molecule has 0 aliphatic rings. The van der Waals surface area contributed by atoms with Crippen LogP contribution < -0.4 is 23.7 Å². The zero-order valence-electron chi connectivity index (χ0n) is 19.7. The van der Waals surface area contributed by atoms with E-state index >= 15 is 0 Å². The standard InChI is InChI=1S/C26H24F2N2O4S/c1-31-18-7-8-19(24(13-18)33-3)22-15-35-26(29-21-9-6-17(27)12-20(21)28)30(22)14-16-5-10-23(32-2)25(11-16)34-4/h5-13,15H,14H2,1-4H3. The summed E-state index contributed by atoms with van der Waals surface area (Å²) in [6.07, 6.45) is 0. The van der Waals surface area contributed by atoms with Crippen molar-refractivity contribution in [3.8, 4) is 34.3 Å². The number of aromatic nitrogens is 1.